The molecular formula is C30H33N7O4. The average molecular weight is 556 g/mol. The Labute approximate surface area is 237 Å². The van der Waals surface area contributed by atoms with Gasteiger partial charge in [0.15, 0.2) is 6.29 Å². The lowest BCUT2D eigenvalue weighted by Gasteiger charge is -2.39. The Morgan fingerprint density at radius 1 is 0.878 bits per heavy atom. The minimum Gasteiger partial charge on any atom is -0.465 e. The van der Waals surface area contributed by atoms with Gasteiger partial charge in [0, 0.05) is 26.2 Å². The van der Waals surface area contributed by atoms with Crippen molar-refractivity contribution in [2.45, 2.75) is 24.8 Å². The molecule has 0 unspecified atom stereocenters. The zero-order chi connectivity index (χ0) is 28.7. The van der Waals surface area contributed by atoms with Crippen LogP contribution >= 0.6 is 0 Å². The van der Waals surface area contributed by atoms with Gasteiger partial charge < -0.3 is 20.4 Å². The van der Waals surface area contributed by atoms with E-state index in [2.05, 4.69) is 62.8 Å². The van der Waals surface area contributed by atoms with Crippen LogP contribution in [0.1, 0.15) is 23.1 Å². The second kappa shape index (κ2) is 12.4. The first-order chi connectivity index (χ1) is 20.0. The number of carboxylic acid groups (broad SMARTS) is 2. The Balaban J connectivity index is 1.55. The van der Waals surface area contributed by atoms with E-state index in [1.807, 2.05) is 54.6 Å². The van der Waals surface area contributed by atoms with Crippen LogP contribution in [0.25, 0.3) is 0 Å². The molecule has 3 aromatic carbocycles. The van der Waals surface area contributed by atoms with Crippen LogP contribution in [0.2, 0.25) is 0 Å². The third-order valence-corrected chi connectivity index (χ3v) is 7.16. The zero-order valence-corrected chi connectivity index (χ0v) is 22.4. The second-order valence-electron chi connectivity index (χ2n) is 9.65. The fourth-order valence-electron chi connectivity index (χ4n) is 5.42. The first-order valence-corrected chi connectivity index (χ1v) is 13.5. The molecule has 4 aromatic rings. The molecule has 2 heterocycles. The highest BCUT2D eigenvalue weighted by Crippen LogP contribution is 2.37. The predicted molar refractivity (Wildman–Crippen MR) is 156 cm³/mol. The summed E-state index contributed by atoms with van der Waals surface area (Å²) >= 11 is 0. The van der Waals surface area contributed by atoms with Crippen molar-refractivity contribution in [2.75, 3.05) is 29.9 Å². The number of nitrogens with zero attached hydrogens (tertiary/aromatic N) is 3. The number of aryl methyl sites for hydroxylation is 1. The van der Waals surface area contributed by atoms with Gasteiger partial charge in [0.05, 0.1) is 11.7 Å². The van der Waals surface area contributed by atoms with Gasteiger partial charge in [0.25, 0.3) is 0 Å². The molecule has 0 saturated carbocycles. The summed E-state index contributed by atoms with van der Waals surface area (Å²) in [5.74, 6) is 0.709. The Bertz CT molecular complexity index is 1340. The maximum atomic E-state index is 11.7. The molecule has 0 saturated heterocycles. The fourth-order valence-corrected chi connectivity index (χ4v) is 5.42. The lowest BCUT2D eigenvalue weighted by Crippen LogP contribution is -2.60. The number of anilines is 2. The number of nitrogens with one attached hydrogen (secondary N) is 4. The summed E-state index contributed by atoms with van der Waals surface area (Å²) in [7, 11) is 0. The number of hydrogen-bond donors (Lipinski definition) is 6. The van der Waals surface area contributed by atoms with Gasteiger partial charge in [-0.1, -0.05) is 91.0 Å². The number of benzene rings is 3. The third-order valence-electron chi connectivity index (χ3n) is 7.16. The third kappa shape index (κ3) is 5.94. The van der Waals surface area contributed by atoms with Crippen molar-refractivity contribution in [3.63, 3.8) is 0 Å². The molecule has 11 heteroatoms. The quantitative estimate of drug-likeness (QED) is 0.121. The van der Waals surface area contributed by atoms with Gasteiger partial charge in [-0.05, 0) is 23.1 Å². The van der Waals surface area contributed by atoms with Crippen molar-refractivity contribution in [3.8, 4) is 0 Å². The number of fused-ring (bicyclic) bond motifs is 1. The van der Waals surface area contributed by atoms with E-state index in [9.17, 15) is 19.8 Å². The molecule has 1 aromatic heterocycles. The molecule has 0 fully saturated rings. The van der Waals surface area contributed by atoms with Gasteiger partial charge in [-0.25, -0.2) is 14.3 Å². The molecule has 41 heavy (non-hydrogen) atoms. The Morgan fingerprint density at radius 2 is 1.39 bits per heavy atom. The lowest BCUT2D eigenvalue weighted by atomic mass is 9.77. The van der Waals surface area contributed by atoms with Crippen LogP contribution in [0.5, 0.6) is 0 Å². The van der Waals surface area contributed by atoms with Crippen molar-refractivity contribution in [1.82, 2.24) is 25.7 Å². The molecule has 212 valence electrons. The fraction of sp³-hybridized carbons (Fsp3) is 0.233. The van der Waals surface area contributed by atoms with Crippen LogP contribution < -0.4 is 26.2 Å². The van der Waals surface area contributed by atoms with Crippen LogP contribution in [-0.4, -0.2) is 58.1 Å². The molecule has 0 bridgehead atoms. The second-order valence-corrected chi connectivity index (χ2v) is 9.65. The number of carbonyl (C=O) groups is 2. The lowest BCUT2D eigenvalue weighted by molar-refractivity contribution is 0.175. The summed E-state index contributed by atoms with van der Waals surface area (Å²) in [6.45, 7) is 2.02. The number of rotatable bonds is 11. The van der Waals surface area contributed by atoms with Gasteiger partial charge in [0.2, 0.25) is 0 Å². The molecule has 2 amide bonds. The van der Waals surface area contributed by atoms with Gasteiger partial charge in [-0.15, -0.1) is 0 Å². The summed E-state index contributed by atoms with van der Waals surface area (Å²) in [5, 5.41) is 35.3. The normalized spacial score (nSPS) is 12.7. The molecule has 0 atom stereocenters. The molecule has 1 aliphatic rings. The van der Waals surface area contributed by atoms with Crippen LogP contribution in [0.15, 0.2) is 97.2 Å². The summed E-state index contributed by atoms with van der Waals surface area (Å²) in [4.78, 5) is 25.1. The Hall–Kier alpha value is -5.03. The van der Waals surface area contributed by atoms with Gasteiger partial charge in [-0.3, -0.25) is 16.0 Å². The van der Waals surface area contributed by atoms with Crippen LogP contribution in [-0.2, 0) is 12.1 Å². The standard InChI is InChI=1S/C30H33N7O4/c38-28(39)34-27(35-29(40)41)36(25-21-33-37-19-10-17-31-26(25)37)20-18-32-30(22-11-4-1-5-12-22,23-13-6-2-7-14-23)24-15-8-3-9-16-24/h1-9,11-16,21,27,31-32,34-35H,10,17-20H2,(H,38,39)(H,40,41). The molecule has 0 aliphatic carbocycles. The van der Waals surface area contributed by atoms with Crippen molar-refractivity contribution >= 4 is 23.7 Å². The maximum Gasteiger partial charge on any atom is 0.407 e. The van der Waals surface area contributed by atoms with Crippen LogP contribution in [0.3, 0.4) is 0 Å². The summed E-state index contributed by atoms with van der Waals surface area (Å²) in [6.07, 6.45) is -1.45. The highest BCUT2D eigenvalue weighted by molar-refractivity contribution is 5.72. The van der Waals surface area contributed by atoms with E-state index in [0.29, 0.717) is 24.6 Å². The minimum atomic E-state index is -1.36. The predicted octanol–water partition coefficient (Wildman–Crippen LogP) is 3.91. The monoisotopic (exact) mass is 555 g/mol. The summed E-state index contributed by atoms with van der Waals surface area (Å²) in [5.41, 5.74) is 2.91. The van der Waals surface area contributed by atoms with Gasteiger partial charge in [-0.2, -0.15) is 5.10 Å². The molecule has 11 nitrogen and oxygen atoms in total. The number of amides is 2. The zero-order valence-electron chi connectivity index (χ0n) is 22.4. The van der Waals surface area contributed by atoms with E-state index in [0.717, 1.165) is 29.7 Å². The van der Waals surface area contributed by atoms with E-state index in [1.54, 1.807) is 15.8 Å². The van der Waals surface area contributed by atoms with E-state index in [4.69, 9.17) is 0 Å². The first-order valence-electron chi connectivity index (χ1n) is 13.5. The van der Waals surface area contributed by atoms with Crippen LogP contribution in [0.4, 0.5) is 21.1 Å². The molecular weight excluding hydrogens is 522 g/mol. The SMILES string of the molecule is O=C(O)NC(NC(=O)O)N(CCNC(c1ccccc1)(c1ccccc1)c1ccccc1)c1cnn2c1NCCC2. The summed E-state index contributed by atoms with van der Waals surface area (Å²) < 4.78 is 1.81. The summed E-state index contributed by atoms with van der Waals surface area (Å²) in [6, 6.07) is 30.4. The minimum absolute atomic E-state index is 0.236. The van der Waals surface area contributed by atoms with Crippen LogP contribution in [0, 0.1) is 0 Å². The molecule has 5 rings (SSSR count). The van der Waals surface area contributed by atoms with Gasteiger partial charge >= 0.3 is 12.2 Å². The highest BCUT2D eigenvalue weighted by atomic mass is 16.4. The van der Waals surface area contributed by atoms with E-state index >= 15 is 0 Å². The maximum absolute atomic E-state index is 11.7. The van der Waals surface area contributed by atoms with Gasteiger partial charge in [0.1, 0.15) is 11.5 Å². The topological polar surface area (TPSA) is 144 Å². The van der Waals surface area contributed by atoms with Crippen molar-refractivity contribution in [2.24, 2.45) is 0 Å². The molecule has 6 N–H and O–H groups in total. The average Bonchev–Trinajstić information content (AvgIpc) is 3.42. The largest absolute Gasteiger partial charge is 0.465 e. The van der Waals surface area contributed by atoms with E-state index in [-0.39, 0.29) is 6.54 Å². The van der Waals surface area contributed by atoms with Crippen molar-refractivity contribution < 1.29 is 19.8 Å². The number of hydrogen-bond acceptors (Lipinski definition) is 6. The number of aromatic nitrogens is 2. The Morgan fingerprint density at radius 3 is 1.88 bits per heavy atom. The molecule has 0 spiro atoms. The van der Waals surface area contributed by atoms with Crippen molar-refractivity contribution in [3.05, 3.63) is 114 Å². The van der Waals surface area contributed by atoms with E-state index < -0.39 is 24.0 Å². The van der Waals surface area contributed by atoms with Crippen molar-refractivity contribution in [1.29, 1.82) is 0 Å². The first kappa shape index (κ1) is 27.5. The van der Waals surface area contributed by atoms with E-state index in [1.165, 1.54) is 0 Å². The Kier molecular flexibility index (Phi) is 8.35. The molecule has 1 aliphatic heterocycles. The smallest absolute Gasteiger partial charge is 0.407 e. The highest BCUT2D eigenvalue weighted by Gasteiger charge is 2.36. The molecule has 0 radical (unpaired) electrons.